The van der Waals surface area contributed by atoms with Gasteiger partial charge in [-0.15, -0.1) is 11.3 Å². The molecule has 0 saturated heterocycles. The molecule has 0 spiro atoms. The van der Waals surface area contributed by atoms with Crippen molar-refractivity contribution in [3.63, 3.8) is 0 Å². The van der Waals surface area contributed by atoms with Gasteiger partial charge in [0.25, 0.3) is 0 Å². The van der Waals surface area contributed by atoms with Crippen LogP contribution < -0.4 is 10.0 Å². The Labute approximate surface area is 136 Å². The van der Waals surface area contributed by atoms with Gasteiger partial charge in [0.15, 0.2) is 0 Å². The number of aryl methyl sites for hydroxylation is 2. The lowest BCUT2D eigenvalue weighted by atomic mass is 10.2. The van der Waals surface area contributed by atoms with Crippen molar-refractivity contribution in [1.29, 1.82) is 0 Å². The maximum absolute atomic E-state index is 12.5. The number of rotatable bonds is 6. The van der Waals surface area contributed by atoms with Crippen LogP contribution in [0.4, 0.5) is 0 Å². The third-order valence-electron chi connectivity index (χ3n) is 3.01. The summed E-state index contributed by atoms with van der Waals surface area (Å²) >= 11 is 4.86. The van der Waals surface area contributed by atoms with E-state index in [2.05, 4.69) is 26.0 Å². The maximum atomic E-state index is 12.5. The fourth-order valence-electron chi connectivity index (χ4n) is 2.13. The summed E-state index contributed by atoms with van der Waals surface area (Å²) in [5.41, 5.74) is 0.676. The molecule has 2 aromatic heterocycles. The van der Waals surface area contributed by atoms with Gasteiger partial charge < -0.3 is 9.73 Å². The molecule has 0 amide bonds. The second kappa shape index (κ2) is 6.62. The van der Waals surface area contributed by atoms with Gasteiger partial charge in [0.2, 0.25) is 10.0 Å². The van der Waals surface area contributed by atoms with Gasteiger partial charge in [0, 0.05) is 23.5 Å². The smallest absolute Gasteiger partial charge is 0.244 e. The average Bonchev–Trinajstić information content (AvgIpc) is 2.92. The van der Waals surface area contributed by atoms with Gasteiger partial charge in [-0.2, -0.15) is 0 Å². The third kappa shape index (κ3) is 3.75. The summed E-state index contributed by atoms with van der Waals surface area (Å²) in [5, 5.41) is 2.97. The van der Waals surface area contributed by atoms with E-state index in [1.54, 1.807) is 20.9 Å². The molecule has 0 aliphatic rings. The molecular formula is C13H17BrN2O3S2. The second-order valence-corrected chi connectivity index (χ2v) is 8.83. The molecule has 0 fully saturated rings. The van der Waals surface area contributed by atoms with Crippen LogP contribution in [-0.4, -0.2) is 15.5 Å². The molecule has 8 heteroatoms. The fraction of sp³-hybridized carbons (Fsp3) is 0.385. The van der Waals surface area contributed by atoms with Crippen LogP contribution in [0.25, 0.3) is 0 Å². The Hall–Kier alpha value is -0.670. The van der Waals surface area contributed by atoms with Crippen molar-refractivity contribution in [2.75, 3.05) is 7.05 Å². The van der Waals surface area contributed by atoms with E-state index in [0.717, 1.165) is 8.66 Å². The van der Waals surface area contributed by atoms with Gasteiger partial charge >= 0.3 is 0 Å². The number of sulfonamides is 1. The van der Waals surface area contributed by atoms with E-state index < -0.39 is 10.0 Å². The zero-order chi connectivity index (χ0) is 15.6. The molecule has 2 aromatic rings. The summed E-state index contributed by atoms with van der Waals surface area (Å²) in [4.78, 5) is 1.18. The summed E-state index contributed by atoms with van der Waals surface area (Å²) < 4.78 is 34.2. The minimum atomic E-state index is -3.60. The molecule has 116 valence electrons. The van der Waals surface area contributed by atoms with Crippen LogP contribution in [0.2, 0.25) is 0 Å². The van der Waals surface area contributed by atoms with Crippen molar-refractivity contribution in [1.82, 2.24) is 10.0 Å². The highest BCUT2D eigenvalue weighted by atomic mass is 79.9. The van der Waals surface area contributed by atoms with Crippen molar-refractivity contribution in [2.24, 2.45) is 0 Å². The molecule has 21 heavy (non-hydrogen) atoms. The third-order valence-corrected chi connectivity index (χ3v) is 6.23. The number of hydrogen-bond acceptors (Lipinski definition) is 5. The molecular weight excluding hydrogens is 376 g/mol. The molecule has 0 aromatic carbocycles. The van der Waals surface area contributed by atoms with Gasteiger partial charge in [-0.25, -0.2) is 13.1 Å². The van der Waals surface area contributed by atoms with E-state index in [1.165, 1.54) is 11.3 Å². The number of furan rings is 1. The monoisotopic (exact) mass is 392 g/mol. The predicted octanol–water partition coefficient (Wildman–Crippen LogP) is 2.92. The topological polar surface area (TPSA) is 71.3 Å². The highest BCUT2D eigenvalue weighted by molar-refractivity contribution is 9.11. The average molecular weight is 393 g/mol. The summed E-state index contributed by atoms with van der Waals surface area (Å²) in [6.07, 6.45) is 0. The van der Waals surface area contributed by atoms with E-state index >= 15 is 0 Å². The number of hydrogen-bond donors (Lipinski definition) is 2. The lowest BCUT2D eigenvalue weighted by Gasteiger charge is -2.07. The molecule has 5 nitrogen and oxygen atoms in total. The van der Waals surface area contributed by atoms with E-state index in [0.29, 0.717) is 23.6 Å². The Morgan fingerprint density at radius 2 is 1.95 bits per heavy atom. The normalized spacial score (nSPS) is 12.0. The van der Waals surface area contributed by atoms with Crippen LogP contribution in [0.1, 0.15) is 22.0 Å². The molecule has 0 atom stereocenters. The molecule has 0 aliphatic carbocycles. The Kier molecular flexibility index (Phi) is 5.26. The molecule has 0 saturated carbocycles. The molecule has 2 rings (SSSR count). The van der Waals surface area contributed by atoms with E-state index in [9.17, 15) is 8.42 Å². The predicted molar refractivity (Wildman–Crippen MR) is 87.0 cm³/mol. The lowest BCUT2D eigenvalue weighted by Crippen LogP contribution is -2.25. The van der Waals surface area contributed by atoms with Crippen LogP contribution in [0.5, 0.6) is 0 Å². The maximum Gasteiger partial charge on any atom is 0.244 e. The molecule has 2 N–H and O–H groups in total. The number of thiophene rings is 1. The Morgan fingerprint density at radius 3 is 2.52 bits per heavy atom. The minimum Gasteiger partial charge on any atom is -0.465 e. The van der Waals surface area contributed by atoms with Gasteiger partial charge in [0.05, 0.1) is 3.79 Å². The molecule has 2 heterocycles. The van der Waals surface area contributed by atoms with Crippen LogP contribution in [0.3, 0.4) is 0 Å². The molecule has 0 radical (unpaired) electrons. The van der Waals surface area contributed by atoms with Gasteiger partial charge in [-0.1, -0.05) is 0 Å². The second-order valence-electron chi connectivity index (χ2n) is 4.58. The van der Waals surface area contributed by atoms with Gasteiger partial charge in [-0.3, -0.25) is 0 Å². The first-order chi connectivity index (χ1) is 9.85. The number of nitrogens with one attached hydrogen (secondary N) is 2. The van der Waals surface area contributed by atoms with Crippen LogP contribution >= 0.6 is 27.3 Å². The van der Waals surface area contributed by atoms with Crippen molar-refractivity contribution < 1.29 is 12.8 Å². The molecule has 0 aliphatic heterocycles. The summed E-state index contributed by atoms with van der Waals surface area (Å²) in [5.74, 6) is 1.04. The standard InChI is InChI=1S/C13H17BrN2O3S2/c1-8-11(7-15-3)13(9(2)19-8)21(17,18)16-6-10-4-5-12(14)20-10/h4-5,15-16H,6-7H2,1-3H3. The highest BCUT2D eigenvalue weighted by Gasteiger charge is 2.26. The Balaban J connectivity index is 2.27. The molecule has 0 bridgehead atoms. The van der Waals surface area contributed by atoms with Crippen LogP contribution in [0.15, 0.2) is 25.2 Å². The van der Waals surface area contributed by atoms with Crippen molar-refractivity contribution >= 4 is 37.3 Å². The lowest BCUT2D eigenvalue weighted by molar-refractivity contribution is 0.493. The first-order valence-electron chi connectivity index (χ1n) is 6.32. The van der Waals surface area contributed by atoms with Crippen molar-refractivity contribution in [3.8, 4) is 0 Å². The summed E-state index contributed by atoms with van der Waals surface area (Å²) in [6, 6.07) is 3.78. The largest absolute Gasteiger partial charge is 0.465 e. The van der Waals surface area contributed by atoms with Crippen molar-refractivity contribution in [3.05, 3.63) is 37.9 Å². The minimum absolute atomic E-state index is 0.241. The van der Waals surface area contributed by atoms with E-state index in [1.807, 2.05) is 12.1 Å². The van der Waals surface area contributed by atoms with E-state index in [-0.39, 0.29) is 11.4 Å². The van der Waals surface area contributed by atoms with E-state index in [4.69, 9.17) is 4.42 Å². The zero-order valence-corrected chi connectivity index (χ0v) is 15.2. The van der Waals surface area contributed by atoms with Gasteiger partial charge in [0.1, 0.15) is 16.4 Å². The first-order valence-corrected chi connectivity index (χ1v) is 9.41. The van der Waals surface area contributed by atoms with Crippen LogP contribution in [0, 0.1) is 13.8 Å². The van der Waals surface area contributed by atoms with Crippen LogP contribution in [-0.2, 0) is 23.1 Å². The first kappa shape index (κ1) is 16.7. The SMILES string of the molecule is CNCc1c(C)oc(C)c1S(=O)(=O)NCc1ccc(Br)s1. The number of halogens is 1. The quantitative estimate of drug-likeness (QED) is 0.792. The Morgan fingerprint density at radius 1 is 1.24 bits per heavy atom. The van der Waals surface area contributed by atoms with Gasteiger partial charge in [-0.05, 0) is 49.0 Å². The van der Waals surface area contributed by atoms with Crippen molar-refractivity contribution in [2.45, 2.75) is 31.8 Å². The zero-order valence-electron chi connectivity index (χ0n) is 12.0. The fourth-order valence-corrected chi connectivity index (χ4v) is 5.09. The Bertz CT molecular complexity index is 735. The summed E-state index contributed by atoms with van der Waals surface area (Å²) in [6.45, 7) is 4.16. The summed E-state index contributed by atoms with van der Waals surface area (Å²) in [7, 11) is -1.83. The molecule has 0 unspecified atom stereocenters. The highest BCUT2D eigenvalue weighted by Crippen LogP contribution is 2.27.